The van der Waals surface area contributed by atoms with Crippen LogP contribution in [0.4, 0.5) is 5.69 Å². The number of ether oxygens (including phenoxy) is 1. The van der Waals surface area contributed by atoms with Crippen molar-refractivity contribution in [2.24, 2.45) is 0 Å². The van der Waals surface area contributed by atoms with E-state index in [0.29, 0.717) is 29.9 Å². The Labute approximate surface area is 121 Å². The predicted molar refractivity (Wildman–Crippen MR) is 77.8 cm³/mol. The zero-order valence-electron chi connectivity index (χ0n) is 11.7. The lowest BCUT2D eigenvalue weighted by Crippen LogP contribution is -2.50. The van der Waals surface area contributed by atoms with E-state index in [-0.39, 0.29) is 24.7 Å². The summed E-state index contributed by atoms with van der Waals surface area (Å²) in [4.78, 5) is 14.3. The SMILES string of the molecule is CC1CN(C(=O)c2n[nH]c3ccc(N)cc23)CC(CO)O1. The van der Waals surface area contributed by atoms with E-state index in [4.69, 9.17) is 10.5 Å². The van der Waals surface area contributed by atoms with Crippen molar-refractivity contribution < 1.29 is 14.6 Å². The molecule has 0 spiro atoms. The number of aromatic amines is 1. The molecule has 21 heavy (non-hydrogen) atoms. The summed E-state index contributed by atoms with van der Waals surface area (Å²) in [7, 11) is 0. The number of amides is 1. The number of nitrogen functional groups attached to an aromatic ring is 1. The lowest BCUT2D eigenvalue weighted by molar-refractivity contribution is -0.0859. The molecular formula is C14H18N4O3. The molecular weight excluding hydrogens is 272 g/mol. The van der Waals surface area contributed by atoms with Crippen LogP contribution >= 0.6 is 0 Å². The number of fused-ring (bicyclic) bond motifs is 1. The molecule has 7 nitrogen and oxygen atoms in total. The number of aliphatic hydroxyl groups is 1. The molecule has 1 aliphatic heterocycles. The molecule has 3 rings (SSSR count). The molecule has 0 aliphatic carbocycles. The summed E-state index contributed by atoms with van der Waals surface area (Å²) < 4.78 is 5.55. The monoisotopic (exact) mass is 290 g/mol. The Morgan fingerprint density at radius 2 is 2.38 bits per heavy atom. The Morgan fingerprint density at radius 3 is 3.14 bits per heavy atom. The van der Waals surface area contributed by atoms with Crippen molar-refractivity contribution >= 4 is 22.5 Å². The first-order valence-corrected chi connectivity index (χ1v) is 6.87. The standard InChI is InChI=1S/C14H18N4O3/c1-8-5-18(6-10(7-19)21-8)14(20)13-11-4-9(15)2-3-12(11)16-17-13/h2-4,8,10,19H,5-7,15H2,1H3,(H,16,17). The lowest BCUT2D eigenvalue weighted by atomic mass is 10.1. The minimum absolute atomic E-state index is 0.109. The Hall–Kier alpha value is -2.12. The molecule has 1 fully saturated rings. The van der Waals surface area contributed by atoms with Crippen LogP contribution in [0.5, 0.6) is 0 Å². The molecule has 7 heteroatoms. The zero-order valence-corrected chi connectivity index (χ0v) is 11.7. The van der Waals surface area contributed by atoms with E-state index in [0.717, 1.165) is 5.52 Å². The van der Waals surface area contributed by atoms with E-state index in [1.807, 2.05) is 6.92 Å². The van der Waals surface area contributed by atoms with Crippen molar-refractivity contribution in [3.63, 3.8) is 0 Å². The predicted octanol–water partition coefficient (Wildman–Crippen LogP) is 0.367. The van der Waals surface area contributed by atoms with Crippen LogP contribution in [0, 0.1) is 0 Å². The highest BCUT2D eigenvalue weighted by Crippen LogP contribution is 2.21. The second-order valence-electron chi connectivity index (χ2n) is 5.34. The number of aliphatic hydroxyl groups excluding tert-OH is 1. The smallest absolute Gasteiger partial charge is 0.275 e. The molecule has 112 valence electrons. The average molecular weight is 290 g/mol. The summed E-state index contributed by atoms with van der Waals surface area (Å²) in [6.45, 7) is 2.60. The number of nitrogens with zero attached hydrogens (tertiary/aromatic N) is 2. The lowest BCUT2D eigenvalue weighted by Gasteiger charge is -2.35. The van der Waals surface area contributed by atoms with Gasteiger partial charge in [0.15, 0.2) is 5.69 Å². The minimum Gasteiger partial charge on any atom is -0.399 e. The van der Waals surface area contributed by atoms with E-state index in [1.54, 1.807) is 23.1 Å². The van der Waals surface area contributed by atoms with Gasteiger partial charge in [-0.15, -0.1) is 0 Å². The second-order valence-corrected chi connectivity index (χ2v) is 5.34. The molecule has 1 saturated heterocycles. The molecule has 0 bridgehead atoms. The molecule has 1 aromatic heterocycles. The van der Waals surface area contributed by atoms with Gasteiger partial charge in [-0.2, -0.15) is 5.10 Å². The third-order valence-corrected chi connectivity index (χ3v) is 3.61. The first-order valence-electron chi connectivity index (χ1n) is 6.87. The van der Waals surface area contributed by atoms with Gasteiger partial charge < -0.3 is 20.5 Å². The third kappa shape index (κ3) is 2.57. The number of H-pyrrole nitrogens is 1. The van der Waals surface area contributed by atoms with E-state index >= 15 is 0 Å². The first-order chi connectivity index (χ1) is 10.1. The van der Waals surface area contributed by atoms with Gasteiger partial charge in [0.1, 0.15) is 0 Å². The number of aromatic nitrogens is 2. The van der Waals surface area contributed by atoms with Crippen LogP contribution in [0.25, 0.3) is 10.9 Å². The van der Waals surface area contributed by atoms with Crippen LogP contribution in [0.2, 0.25) is 0 Å². The maximum Gasteiger partial charge on any atom is 0.275 e. The number of carbonyl (C=O) groups excluding carboxylic acids is 1. The van der Waals surface area contributed by atoms with Crippen LogP contribution in [0.15, 0.2) is 18.2 Å². The zero-order chi connectivity index (χ0) is 15.0. The Balaban J connectivity index is 1.91. The fourth-order valence-electron chi connectivity index (χ4n) is 2.66. The number of nitrogens with one attached hydrogen (secondary N) is 1. The Bertz CT molecular complexity index is 669. The summed E-state index contributed by atoms with van der Waals surface area (Å²) in [6, 6.07) is 5.29. The van der Waals surface area contributed by atoms with Gasteiger partial charge in [0.05, 0.1) is 24.3 Å². The van der Waals surface area contributed by atoms with Crippen LogP contribution in [0.3, 0.4) is 0 Å². The van der Waals surface area contributed by atoms with Crippen LogP contribution < -0.4 is 5.73 Å². The highest BCUT2D eigenvalue weighted by molar-refractivity contribution is 6.05. The van der Waals surface area contributed by atoms with E-state index < -0.39 is 0 Å². The molecule has 4 N–H and O–H groups in total. The number of hydrogen-bond acceptors (Lipinski definition) is 5. The van der Waals surface area contributed by atoms with Gasteiger partial charge in [0, 0.05) is 24.2 Å². The van der Waals surface area contributed by atoms with Crippen molar-refractivity contribution in [3.8, 4) is 0 Å². The van der Waals surface area contributed by atoms with Crippen LogP contribution in [-0.4, -0.2) is 58.0 Å². The molecule has 0 saturated carbocycles. The number of hydrogen-bond donors (Lipinski definition) is 3. The molecule has 2 atom stereocenters. The van der Waals surface area contributed by atoms with E-state index in [9.17, 15) is 9.90 Å². The van der Waals surface area contributed by atoms with Gasteiger partial charge in [-0.25, -0.2) is 0 Å². The van der Waals surface area contributed by atoms with Crippen molar-refractivity contribution in [2.75, 3.05) is 25.4 Å². The number of morpholine rings is 1. The molecule has 2 aromatic rings. The van der Waals surface area contributed by atoms with Gasteiger partial charge in [-0.05, 0) is 25.1 Å². The molecule has 0 radical (unpaired) electrons. The number of anilines is 1. The fourth-order valence-corrected chi connectivity index (χ4v) is 2.66. The summed E-state index contributed by atoms with van der Waals surface area (Å²) in [5.41, 5.74) is 7.48. The fraction of sp³-hybridized carbons (Fsp3) is 0.429. The molecule has 1 aliphatic rings. The maximum absolute atomic E-state index is 12.7. The quantitative estimate of drug-likeness (QED) is 0.693. The van der Waals surface area contributed by atoms with E-state index in [2.05, 4.69) is 10.2 Å². The molecule has 1 amide bonds. The Morgan fingerprint density at radius 1 is 1.57 bits per heavy atom. The second kappa shape index (κ2) is 5.34. The Kier molecular flexibility index (Phi) is 3.52. The van der Waals surface area contributed by atoms with Crippen LogP contribution in [0.1, 0.15) is 17.4 Å². The third-order valence-electron chi connectivity index (χ3n) is 3.61. The van der Waals surface area contributed by atoms with Crippen molar-refractivity contribution in [1.82, 2.24) is 15.1 Å². The number of rotatable bonds is 2. The van der Waals surface area contributed by atoms with Gasteiger partial charge >= 0.3 is 0 Å². The van der Waals surface area contributed by atoms with Gasteiger partial charge in [0.25, 0.3) is 5.91 Å². The normalized spacial score (nSPS) is 22.7. The summed E-state index contributed by atoms with van der Waals surface area (Å²) in [5.74, 6) is -0.180. The summed E-state index contributed by atoms with van der Waals surface area (Å²) in [6.07, 6.45) is -0.469. The minimum atomic E-state index is -0.354. The average Bonchev–Trinajstić information content (AvgIpc) is 2.88. The largest absolute Gasteiger partial charge is 0.399 e. The number of carbonyl (C=O) groups is 1. The molecule has 1 aromatic carbocycles. The molecule has 2 heterocycles. The van der Waals surface area contributed by atoms with Crippen molar-refractivity contribution in [2.45, 2.75) is 19.1 Å². The maximum atomic E-state index is 12.7. The van der Waals surface area contributed by atoms with E-state index in [1.165, 1.54) is 0 Å². The summed E-state index contributed by atoms with van der Waals surface area (Å²) in [5, 5.41) is 16.9. The van der Waals surface area contributed by atoms with Crippen LogP contribution in [-0.2, 0) is 4.74 Å². The van der Waals surface area contributed by atoms with Crippen molar-refractivity contribution in [3.05, 3.63) is 23.9 Å². The van der Waals surface area contributed by atoms with Crippen molar-refractivity contribution in [1.29, 1.82) is 0 Å². The topological polar surface area (TPSA) is 104 Å². The van der Waals surface area contributed by atoms with Gasteiger partial charge in [0.2, 0.25) is 0 Å². The van der Waals surface area contributed by atoms with Gasteiger partial charge in [-0.3, -0.25) is 9.89 Å². The molecule has 2 unspecified atom stereocenters. The van der Waals surface area contributed by atoms with Gasteiger partial charge in [-0.1, -0.05) is 0 Å². The first kappa shape index (κ1) is 13.8. The summed E-state index contributed by atoms with van der Waals surface area (Å²) >= 11 is 0. The highest BCUT2D eigenvalue weighted by atomic mass is 16.5. The number of benzene rings is 1. The number of nitrogens with two attached hydrogens (primary N) is 1. The highest BCUT2D eigenvalue weighted by Gasteiger charge is 2.30.